The number of hydrogen-bond acceptors (Lipinski definition) is 4. The highest BCUT2D eigenvalue weighted by Gasteiger charge is 2.15. The molecule has 0 bridgehead atoms. The fourth-order valence-corrected chi connectivity index (χ4v) is 1.53. The van der Waals surface area contributed by atoms with Gasteiger partial charge in [0, 0.05) is 19.0 Å². The molecular weight excluding hydrogens is 258 g/mol. The van der Waals surface area contributed by atoms with Gasteiger partial charge < -0.3 is 21.1 Å². The van der Waals surface area contributed by atoms with E-state index in [0.29, 0.717) is 17.1 Å². The molecule has 1 aromatic carbocycles. The van der Waals surface area contributed by atoms with Crippen LogP contribution in [0.25, 0.3) is 0 Å². The van der Waals surface area contributed by atoms with Crippen LogP contribution in [0.3, 0.4) is 0 Å². The molecule has 6 heteroatoms. The van der Waals surface area contributed by atoms with Crippen LogP contribution < -0.4 is 21.1 Å². The highest BCUT2D eigenvalue weighted by atomic mass is 16.5. The van der Waals surface area contributed by atoms with Crippen LogP contribution in [0.15, 0.2) is 18.2 Å². The number of ether oxygens (including phenoxy) is 1. The molecule has 0 fully saturated rings. The molecule has 1 aromatic rings. The number of carbonyl (C=O) groups excluding carboxylic acids is 2. The number of nitrogens with two attached hydrogens (primary N) is 1. The third-order valence-electron chi connectivity index (χ3n) is 2.45. The van der Waals surface area contributed by atoms with Crippen LogP contribution in [-0.2, 0) is 9.59 Å². The monoisotopic (exact) mass is 275 g/mol. The second-order valence-corrected chi connectivity index (χ2v) is 4.10. The molecule has 1 atom stereocenters. The number of benzene rings is 1. The topological polar surface area (TPSA) is 93.5 Å². The Morgan fingerprint density at radius 3 is 2.70 bits per heavy atom. The van der Waals surface area contributed by atoms with Gasteiger partial charge in [0.05, 0.1) is 18.8 Å². The smallest absolute Gasteiger partial charge is 0.242 e. The highest BCUT2D eigenvalue weighted by Crippen LogP contribution is 2.28. The van der Waals surface area contributed by atoms with Crippen molar-refractivity contribution in [2.24, 2.45) is 5.73 Å². The van der Waals surface area contributed by atoms with Crippen molar-refractivity contribution in [3.05, 3.63) is 18.2 Å². The second-order valence-electron chi connectivity index (χ2n) is 4.10. The number of nitrogens with one attached hydrogen (secondary N) is 2. The zero-order valence-electron chi connectivity index (χ0n) is 11.4. The average Bonchev–Trinajstić information content (AvgIpc) is 2.38. The van der Waals surface area contributed by atoms with Crippen molar-refractivity contribution in [3.8, 4) is 18.1 Å². The van der Waals surface area contributed by atoms with E-state index < -0.39 is 11.9 Å². The van der Waals surface area contributed by atoms with Gasteiger partial charge in [-0.05, 0) is 18.2 Å². The van der Waals surface area contributed by atoms with Crippen LogP contribution in [-0.4, -0.2) is 25.0 Å². The van der Waals surface area contributed by atoms with Crippen LogP contribution >= 0.6 is 0 Å². The van der Waals surface area contributed by atoms with Crippen LogP contribution in [0, 0.1) is 12.3 Å². The zero-order valence-corrected chi connectivity index (χ0v) is 11.4. The van der Waals surface area contributed by atoms with Crippen molar-refractivity contribution in [3.63, 3.8) is 0 Å². The predicted molar refractivity (Wildman–Crippen MR) is 77.4 cm³/mol. The number of amides is 2. The number of anilines is 2. The van der Waals surface area contributed by atoms with Gasteiger partial charge in [0.1, 0.15) is 5.75 Å². The normalized spacial score (nSPS) is 11.1. The Kier molecular flexibility index (Phi) is 5.56. The van der Waals surface area contributed by atoms with Crippen molar-refractivity contribution in [1.82, 2.24) is 0 Å². The molecule has 0 saturated carbocycles. The van der Waals surface area contributed by atoms with Crippen LogP contribution in [0.5, 0.6) is 5.75 Å². The highest BCUT2D eigenvalue weighted by molar-refractivity contribution is 5.97. The summed E-state index contributed by atoms with van der Waals surface area (Å²) in [6.07, 6.45) is 5.25. The molecule has 106 valence electrons. The maximum Gasteiger partial charge on any atom is 0.242 e. The number of carbonyl (C=O) groups is 2. The predicted octanol–water partition coefficient (Wildman–Crippen LogP) is 0.943. The van der Waals surface area contributed by atoms with E-state index in [2.05, 4.69) is 16.6 Å². The first-order valence-corrected chi connectivity index (χ1v) is 5.93. The quantitative estimate of drug-likeness (QED) is 0.697. The van der Waals surface area contributed by atoms with Crippen molar-refractivity contribution < 1.29 is 14.3 Å². The lowest BCUT2D eigenvalue weighted by Gasteiger charge is -2.14. The SMILES string of the molecule is C#CCC(N)C(=O)Nc1cc(NC(C)=O)ccc1OC. The van der Waals surface area contributed by atoms with Gasteiger partial charge >= 0.3 is 0 Å². The Morgan fingerprint density at radius 1 is 1.45 bits per heavy atom. The average molecular weight is 275 g/mol. The molecular formula is C14H17N3O3. The summed E-state index contributed by atoms with van der Waals surface area (Å²) in [6, 6.07) is 4.08. The van der Waals surface area contributed by atoms with Crippen LogP contribution in [0.1, 0.15) is 13.3 Å². The molecule has 0 aliphatic heterocycles. The number of rotatable bonds is 5. The zero-order chi connectivity index (χ0) is 15.1. The van der Waals surface area contributed by atoms with E-state index in [1.54, 1.807) is 18.2 Å². The van der Waals surface area contributed by atoms with Gasteiger partial charge in [0.15, 0.2) is 0 Å². The molecule has 0 aromatic heterocycles. The molecule has 1 rings (SSSR count). The Balaban J connectivity index is 2.94. The van der Waals surface area contributed by atoms with E-state index in [1.165, 1.54) is 14.0 Å². The number of terminal acetylenes is 1. The third-order valence-corrected chi connectivity index (χ3v) is 2.45. The van der Waals surface area contributed by atoms with E-state index in [0.717, 1.165) is 0 Å². The van der Waals surface area contributed by atoms with Gasteiger partial charge in [-0.15, -0.1) is 12.3 Å². The lowest BCUT2D eigenvalue weighted by atomic mass is 10.2. The summed E-state index contributed by atoms with van der Waals surface area (Å²) in [5.41, 5.74) is 6.57. The fraction of sp³-hybridized carbons (Fsp3) is 0.286. The summed E-state index contributed by atoms with van der Waals surface area (Å²) in [4.78, 5) is 22.9. The maximum absolute atomic E-state index is 11.8. The summed E-state index contributed by atoms with van der Waals surface area (Å²) in [6.45, 7) is 1.39. The summed E-state index contributed by atoms with van der Waals surface area (Å²) >= 11 is 0. The van der Waals surface area contributed by atoms with Gasteiger partial charge in [-0.25, -0.2) is 0 Å². The Bertz CT molecular complexity index is 549. The van der Waals surface area contributed by atoms with E-state index in [1.807, 2.05) is 0 Å². The molecule has 0 spiro atoms. The third kappa shape index (κ3) is 4.30. The van der Waals surface area contributed by atoms with Crippen LogP contribution in [0.4, 0.5) is 11.4 Å². The summed E-state index contributed by atoms with van der Waals surface area (Å²) in [7, 11) is 1.48. The second kappa shape index (κ2) is 7.16. The van der Waals surface area contributed by atoms with Gasteiger partial charge in [-0.1, -0.05) is 0 Å². The first-order valence-electron chi connectivity index (χ1n) is 5.93. The van der Waals surface area contributed by atoms with E-state index in [-0.39, 0.29) is 12.3 Å². The summed E-state index contributed by atoms with van der Waals surface area (Å²) < 4.78 is 5.14. The standard InChI is InChI=1S/C14H17N3O3/c1-4-5-11(15)14(19)17-12-8-10(16-9(2)18)6-7-13(12)20-3/h1,6-8,11H,5,15H2,2-3H3,(H,16,18)(H,17,19). The fourth-order valence-electron chi connectivity index (χ4n) is 1.53. The van der Waals surface area contributed by atoms with Crippen molar-refractivity contribution >= 4 is 23.2 Å². The molecule has 4 N–H and O–H groups in total. The van der Waals surface area contributed by atoms with E-state index >= 15 is 0 Å². The van der Waals surface area contributed by atoms with Gasteiger partial charge in [-0.2, -0.15) is 0 Å². The molecule has 1 unspecified atom stereocenters. The van der Waals surface area contributed by atoms with Gasteiger partial charge in [0.2, 0.25) is 11.8 Å². The number of methoxy groups -OCH3 is 1. The summed E-state index contributed by atoms with van der Waals surface area (Å²) in [5.74, 6) is 2.16. The van der Waals surface area contributed by atoms with Gasteiger partial charge in [0.25, 0.3) is 0 Å². The molecule has 0 heterocycles. The largest absolute Gasteiger partial charge is 0.495 e. The molecule has 0 aliphatic rings. The van der Waals surface area contributed by atoms with E-state index in [9.17, 15) is 9.59 Å². The lowest BCUT2D eigenvalue weighted by Crippen LogP contribution is -2.35. The Hall–Kier alpha value is -2.52. The Labute approximate surface area is 117 Å². The molecule has 0 aliphatic carbocycles. The lowest BCUT2D eigenvalue weighted by molar-refractivity contribution is -0.117. The molecule has 0 radical (unpaired) electrons. The van der Waals surface area contributed by atoms with E-state index in [4.69, 9.17) is 16.9 Å². The molecule has 2 amide bonds. The van der Waals surface area contributed by atoms with Crippen molar-refractivity contribution in [2.45, 2.75) is 19.4 Å². The number of hydrogen-bond donors (Lipinski definition) is 3. The molecule has 20 heavy (non-hydrogen) atoms. The van der Waals surface area contributed by atoms with Crippen molar-refractivity contribution in [2.75, 3.05) is 17.7 Å². The molecule has 0 saturated heterocycles. The first-order chi connectivity index (χ1) is 9.47. The first kappa shape index (κ1) is 15.5. The van der Waals surface area contributed by atoms with Crippen LogP contribution in [0.2, 0.25) is 0 Å². The Morgan fingerprint density at radius 2 is 2.15 bits per heavy atom. The van der Waals surface area contributed by atoms with Gasteiger partial charge in [-0.3, -0.25) is 9.59 Å². The molecule has 6 nitrogen and oxygen atoms in total. The minimum absolute atomic E-state index is 0.138. The summed E-state index contributed by atoms with van der Waals surface area (Å²) in [5, 5.41) is 5.24. The maximum atomic E-state index is 11.8. The minimum atomic E-state index is -0.797. The van der Waals surface area contributed by atoms with Crippen molar-refractivity contribution in [1.29, 1.82) is 0 Å². The minimum Gasteiger partial charge on any atom is -0.495 e.